The molecule has 54 heavy (non-hydrogen) atoms. The second-order valence-corrected chi connectivity index (χ2v) is 13.7. The lowest BCUT2D eigenvalue weighted by atomic mass is 9.84. The Morgan fingerprint density at radius 1 is 1.22 bits per heavy atom. The molecule has 0 saturated carbocycles. The van der Waals surface area contributed by atoms with Gasteiger partial charge in [-0.1, -0.05) is 5.16 Å². The minimum Gasteiger partial charge on any atom is -0.489 e. The van der Waals surface area contributed by atoms with Gasteiger partial charge in [0.2, 0.25) is 5.62 Å². The van der Waals surface area contributed by atoms with Crippen molar-refractivity contribution in [2.24, 2.45) is 17.9 Å². The van der Waals surface area contributed by atoms with Crippen molar-refractivity contribution in [1.82, 2.24) is 24.5 Å². The summed E-state index contributed by atoms with van der Waals surface area (Å²) in [6.45, 7) is 1.94. The largest absolute Gasteiger partial charge is 0.490 e. The molecule has 1 aliphatic rings. The third-order valence-corrected chi connectivity index (χ3v) is 8.58. The van der Waals surface area contributed by atoms with Crippen LogP contribution in [0.4, 0.5) is 18.3 Å². The first kappa shape index (κ1) is 41.2. The van der Waals surface area contributed by atoms with E-state index in [0.717, 1.165) is 11.3 Å². The number of aryl methyl sites for hydroxylation is 1. The van der Waals surface area contributed by atoms with Crippen LogP contribution in [0.5, 0.6) is 5.75 Å². The zero-order chi connectivity index (χ0) is 40.3. The number of hydrogen-bond acceptors (Lipinski definition) is 16. The fourth-order valence-corrected chi connectivity index (χ4v) is 5.75. The molecule has 8 N–H and O–H groups in total. The normalized spacial score (nSPS) is 17.0. The number of amides is 2. The van der Waals surface area contributed by atoms with Crippen LogP contribution in [0, 0.1) is 5.41 Å². The number of thiazole rings is 1. The van der Waals surface area contributed by atoms with Crippen LogP contribution in [0.3, 0.4) is 0 Å². The van der Waals surface area contributed by atoms with Crippen LogP contribution in [0.2, 0.25) is 0 Å². The van der Waals surface area contributed by atoms with E-state index in [2.05, 4.69) is 24.5 Å². The number of oxime groups is 1. The van der Waals surface area contributed by atoms with Gasteiger partial charge in [0.1, 0.15) is 24.1 Å². The molecule has 0 bridgehead atoms. The number of imidazole rings is 1. The van der Waals surface area contributed by atoms with E-state index in [0.29, 0.717) is 16.3 Å². The summed E-state index contributed by atoms with van der Waals surface area (Å²) >= 11 is 0.903. The molecule has 21 nitrogen and oxygen atoms in total. The number of nitrogen functional groups attached to an aromatic ring is 1. The van der Waals surface area contributed by atoms with E-state index in [9.17, 15) is 45.9 Å². The molecule has 0 aliphatic carbocycles. The second kappa shape index (κ2) is 15.8. The van der Waals surface area contributed by atoms with Gasteiger partial charge < -0.3 is 39.6 Å². The number of β-lactam (4-membered cyclic amide) rings is 1. The SMILES string of the molecule is Cn1c(-c2ccc(OC[C@H](O/N=C(\C(=O)N[C@@H]3C(=O)N(OS(=O)(=O)O)C3(C)C)c3csc(N)n3)C(=O)O)cc2)cn(CC[C@@H](N)OC(=O)C(F)(F)F)c1=N. The summed E-state index contributed by atoms with van der Waals surface area (Å²) in [5.41, 5.74) is 9.92. The molecule has 3 atom stereocenters. The van der Waals surface area contributed by atoms with Gasteiger partial charge in [-0.05, 0) is 43.7 Å². The van der Waals surface area contributed by atoms with Crippen LogP contribution in [-0.2, 0) is 57.0 Å². The quantitative estimate of drug-likeness (QED) is 0.0275. The molecule has 0 spiro atoms. The number of nitrogens with zero attached hydrogens (tertiary/aromatic N) is 5. The highest BCUT2D eigenvalue weighted by molar-refractivity contribution is 7.80. The summed E-state index contributed by atoms with van der Waals surface area (Å²) in [5.74, 6) is -5.95. The van der Waals surface area contributed by atoms with E-state index in [1.54, 1.807) is 19.2 Å². The summed E-state index contributed by atoms with van der Waals surface area (Å²) in [5, 5.41) is 25.7. The lowest BCUT2D eigenvalue weighted by Crippen LogP contribution is -2.76. The van der Waals surface area contributed by atoms with Gasteiger partial charge in [-0.3, -0.25) is 25.3 Å². The molecule has 0 unspecified atom stereocenters. The van der Waals surface area contributed by atoms with Gasteiger partial charge in [0.05, 0.1) is 11.2 Å². The molecule has 26 heteroatoms. The number of ether oxygens (including phenoxy) is 2. The number of carbonyl (C=O) groups excluding carboxylic acids is 3. The van der Waals surface area contributed by atoms with Crippen LogP contribution in [0.25, 0.3) is 11.3 Å². The summed E-state index contributed by atoms with van der Waals surface area (Å²) in [4.78, 5) is 57.9. The van der Waals surface area contributed by atoms with E-state index in [4.69, 9.17) is 31.0 Å². The molecule has 3 aromatic rings. The van der Waals surface area contributed by atoms with E-state index in [1.165, 1.54) is 46.7 Å². The highest BCUT2D eigenvalue weighted by Crippen LogP contribution is 2.33. The third kappa shape index (κ3) is 9.69. The fourth-order valence-electron chi connectivity index (χ4n) is 4.75. The fraction of sp³-hybridized carbons (Fsp3) is 0.393. The third-order valence-electron chi connectivity index (χ3n) is 7.57. The Morgan fingerprint density at radius 3 is 2.41 bits per heavy atom. The van der Waals surface area contributed by atoms with E-state index >= 15 is 0 Å². The molecule has 2 aromatic heterocycles. The van der Waals surface area contributed by atoms with Crippen LogP contribution < -0.4 is 27.1 Å². The van der Waals surface area contributed by atoms with Gasteiger partial charge in [0.15, 0.2) is 17.1 Å². The zero-order valence-electron chi connectivity index (χ0n) is 28.1. The maximum Gasteiger partial charge on any atom is 0.490 e. The Balaban J connectivity index is 1.42. The van der Waals surface area contributed by atoms with Crippen molar-refractivity contribution in [3.63, 3.8) is 0 Å². The lowest BCUT2D eigenvalue weighted by molar-refractivity contribution is -0.218. The standard InChI is InChI=1S/C28H32F3N9O12S2/c1-27(2)20(22(42)40(27)52-54(46,47)48)36-21(41)19(15-12-53-25(33)35-15)37-51-17(23(43)44)11-49-14-6-4-13(5-7-14)16-10-39(26(34)38(16)3)9-8-18(32)50-24(45)28(29,30)31/h4-7,10,12,17-18,20,34H,8-9,11,32H2,1-3H3,(H2,33,35)(H,36,41)(H,43,44)(H,46,47,48)/b34-26?,37-19-/t17-,18-,20+/m0/s1. The lowest BCUT2D eigenvalue weighted by Gasteiger charge is -2.50. The minimum atomic E-state index is -5.20. The van der Waals surface area contributed by atoms with Crippen LogP contribution >= 0.6 is 11.3 Å². The molecule has 1 fully saturated rings. The molecule has 294 valence electrons. The number of carbonyl (C=O) groups is 4. The van der Waals surface area contributed by atoms with Crippen molar-refractivity contribution in [1.29, 1.82) is 5.41 Å². The number of nitrogens with one attached hydrogen (secondary N) is 2. The number of nitrogens with two attached hydrogens (primary N) is 2. The van der Waals surface area contributed by atoms with Gasteiger partial charge >= 0.3 is 28.5 Å². The first-order valence-electron chi connectivity index (χ1n) is 15.1. The van der Waals surface area contributed by atoms with E-state index in [1.807, 2.05) is 0 Å². The van der Waals surface area contributed by atoms with Gasteiger partial charge in [-0.25, -0.2) is 14.6 Å². The summed E-state index contributed by atoms with van der Waals surface area (Å²) in [6, 6.07) is 4.68. The number of hydrogen-bond donors (Lipinski definition) is 6. The topological polar surface area (TPSA) is 306 Å². The molecule has 3 heterocycles. The Hall–Kier alpha value is -5.57. The minimum absolute atomic E-state index is 0.000277. The number of alkyl halides is 3. The predicted molar refractivity (Wildman–Crippen MR) is 176 cm³/mol. The second-order valence-electron chi connectivity index (χ2n) is 11.8. The number of benzene rings is 1. The average molecular weight is 808 g/mol. The van der Waals surface area contributed by atoms with Crippen molar-refractivity contribution in [3.8, 4) is 17.0 Å². The first-order valence-corrected chi connectivity index (χ1v) is 17.3. The highest BCUT2D eigenvalue weighted by Gasteiger charge is 2.58. The Morgan fingerprint density at radius 2 is 1.87 bits per heavy atom. The van der Waals surface area contributed by atoms with Crippen molar-refractivity contribution in [3.05, 3.63) is 47.2 Å². The number of rotatable bonds is 16. The number of hydroxylamine groups is 2. The van der Waals surface area contributed by atoms with Gasteiger partial charge in [0, 0.05) is 31.6 Å². The Labute approximate surface area is 306 Å². The molecular weight excluding hydrogens is 775 g/mol. The number of aromatic nitrogens is 3. The van der Waals surface area contributed by atoms with Gasteiger partial charge in [-0.15, -0.1) is 15.6 Å². The van der Waals surface area contributed by atoms with Crippen LogP contribution in [-0.4, -0.2) is 103 Å². The highest BCUT2D eigenvalue weighted by atomic mass is 32.3. The number of carboxylic acids is 1. The van der Waals surface area contributed by atoms with Crippen molar-refractivity contribution >= 4 is 56.3 Å². The molecule has 2 amide bonds. The Bertz CT molecular complexity index is 2110. The maximum atomic E-state index is 13.2. The van der Waals surface area contributed by atoms with Gasteiger partial charge in [-0.2, -0.15) is 26.7 Å². The molecule has 4 rings (SSSR count). The zero-order valence-corrected chi connectivity index (χ0v) is 29.8. The monoisotopic (exact) mass is 807 g/mol. The predicted octanol–water partition coefficient (Wildman–Crippen LogP) is -0.115. The number of halogens is 3. The first-order chi connectivity index (χ1) is 25.0. The number of anilines is 1. The number of esters is 1. The summed E-state index contributed by atoms with van der Waals surface area (Å²) < 4.78 is 85.3. The molecule has 1 aliphatic heterocycles. The van der Waals surface area contributed by atoms with Crippen molar-refractivity contribution in [2.45, 2.75) is 56.9 Å². The average Bonchev–Trinajstić information content (AvgIpc) is 3.63. The number of aliphatic carboxylic acids is 1. The van der Waals surface area contributed by atoms with E-state index in [-0.39, 0.29) is 35.2 Å². The Kier molecular flexibility index (Phi) is 12.1. The molecule has 1 aromatic carbocycles. The molecule has 1 saturated heterocycles. The van der Waals surface area contributed by atoms with Crippen LogP contribution in [0.15, 0.2) is 41.0 Å². The molecule has 0 radical (unpaired) electrons. The summed E-state index contributed by atoms with van der Waals surface area (Å²) in [7, 11) is -3.51. The van der Waals surface area contributed by atoms with Crippen molar-refractivity contribution in [2.75, 3.05) is 12.3 Å². The smallest absolute Gasteiger partial charge is 0.489 e. The molecular formula is C28H32F3N9O12S2. The van der Waals surface area contributed by atoms with Gasteiger partial charge in [0.25, 0.3) is 17.9 Å². The number of carboxylic acid groups (broad SMARTS) is 1. The van der Waals surface area contributed by atoms with Crippen molar-refractivity contribution < 1.29 is 69.0 Å². The van der Waals surface area contributed by atoms with Crippen LogP contribution in [0.1, 0.15) is 26.0 Å². The maximum absolute atomic E-state index is 13.2. The summed E-state index contributed by atoms with van der Waals surface area (Å²) in [6.07, 6.45) is -7.27. The van der Waals surface area contributed by atoms with E-state index < -0.39 is 76.6 Å².